The molecule has 0 atom stereocenters. The maximum absolute atomic E-state index is 13.1. The van der Waals surface area contributed by atoms with Crippen LogP contribution in [0.3, 0.4) is 0 Å². The highest BCUT2D eigenvalue weighted by atomic mass is 32.2. The Bertz CT molecular complexity index is 1620. The molecule has 0 amide bonds. The molecule has 0 saturated heterocycles. The Balaban J connectivity index is 1.68. The summed E-state index contributed by atoms with van der Waals surface area (Å²) in [5.41, 5.74) is 2.90. The van der Waals surface area contributed by atoms with Gasteiger partial charge in [-0.3, -0.25) is 9.12 Å². The number of aryl methyl sites for hydroxylation is 2. The van der Waals surface area contributed by atoms with Gasteiger partial charge >= 0.3 is 0 Å². The van der Waals surface area contributed by atoms with E-state index in [4.69, 9.17) is 0 Å². The number of anilines is 1. The van der Waals surface area contributed by atoms with Crippen LogP contribution in [0.4, 0.5) is 5.69 Å². The van der Waals surface area contributed by atoms with E-state index in [0.29, 0.717) is 17.0 Å². The van der Waals surface area contributed by atoms with Gasteiger partial charge in [-0.2, -0.15) is 13.1 Å². The van der Waals surface area contributed by atoms with Crippen molar-refractivity contribution in [2.75, 3.05) is 10.5 Å². The second kappa shape index (κ2) is 7.50. The largest absolute Gasteiger partial charge is 0.310 e. The molecule has 0 spiro atoms. The topological polar surface area (TPSA) is 140 Å². The highest BCUT2D eigenvalue weighted by Crippen LogP contribution is 2.31. The van der Waals surface area contributed by atoms with Crippen molar-refractivity contribution in [1.29, 1.82) is 0 Å². The molecule has 1 aliphatic rings. The third kappa shape index (κ3) is 3.96. The fourth-order valence-corrected chi connectivity index (χ4v) is 5.99. The number of imidazole rings is 2. The van der Waals surface area contributed by atoms with Crippen LogP contribution in [0.2, 0.25) is 0 Å². The van der Waals surface area contributed by atoms with Crippen LogP contribution in [0.25, 0.3) is 28.3 Å². The molecular weight excluding hydrogens is 466 g/mol. The first kappa shape index (κ1) is 21.8. The number of fused-ring (bicyclic) bond motifs is 2. The summed E-state index contributed by atoms with van der Waals surface area (Å²) in [5, 5.41) is 0.000593. The Morgan fingerprint density at radius 2 is 1.91 bits per heavy atom. The van der Waals surface area contributed by atoms with Crippen molar-refractivity contribution < 1.29 is 16.8 Å². The fourth-order valence-electron chi connectivity index (χ4n) is 3.66. The number of pyridine rings is 2. The third-order valence-electron chi connectivity index (χ3n) is 5.47. The van der Waals surface area contributed by atoms with Gasteiger partial charge < -0.3 is 4.57 Å². The van der Waals surface area contributed by atoms with E-state index in [0.717, 1.165) is 18.4 Å². The maximum atomic E-state index is 13.1. The number of sulfone groups is 1. The van der Waals surface area contributed by atoms with Crippen LogP contribution >= 0.6 is 0 Å². The van der Waals surface area contributed by atoms with Gasteiger partial charge in [-0.05, 0) is 37.5 Å². The molecule has 174 valence electrons. The van der Waals surface area contributed by atoms with Gasteiger partial charge in [0.2, 0.25) is 0 Å². The van der Waals surface area contributed by atoms with Crippen molar-refractivity contribution in [1.82, 2.24) is 28.6 Å². The lowest BCUT2D eigenvalue weighted by Crippen LogP contribution is -2.31. The average molecular weight is 490 g/mol. The third-order valence-corrected chi connectivity index (χ3v) is 8.35. The van der Waals surface area contributed by atoms with Crippen LogP contribution < -0.4 is 9.44 Å². The lowest BCUT2D eigenvalue weighted by Gasteiger charge is -2.09. The van der Waals surface area contributed by atoms with Crippen molar-refractivity contribution >= 4 is 42.5 Å². The van der Waals surface area contributed by atoms with E-state index in [2.05, 4.69) is 24.4 Å². The highest BCUT2D eigenvalue weighted by Gasteiger charge is 2.29. The van der Waals surface area contributed by atoms with E-state index in [1.807, 2.05) is 13.0 Å². The molecule has 13 heteroatoms. The molecule has 4 aromatic rings. The Morgan fingerprint density at radius 3 is 2.61 bits per heavy atom. The normalized spacial score (nSPS) is 14.9. The smallest absolute Gasteiger partial charge is 0.299 e. The van der Waals surface area contributed by atoms with E-state index in [1.54, 1.807) is 24.7 Å². The monoisotopic (exact) mass is 489 g/mol. The van der Waals surface area contributed by atoms with Crippen LogP contribution in [0.1, 0.15) is 25.3 Å². The molecule has 11 nitrogen and oxygen atoms in total. The molecule has 5 rings (SSSR count). The first-order valence-electron chi connectivity index (χ1n) is 10.4. The van der Waals surface area contributed by atoms with Gasteiger partial charge in [0.05, 0.1) is 11.4 Å². The fraction of sp³-hybridized carbons (Fsp3) is 0.350. The molecule has 4 heterocycles. The molecule has 4 aromatic heterocycles. The van der Waals surface area contributed by atoms with Crippen LogP contribution in [-0.4, -0.2) is 52.6 Å². The summed E-state index contributed by atoms with van der Waals surface area (Å²) in [6.07, 6.45) is 4.84. The maximum Gasteiger partial charge on any atom is 0.299 e. The molecule has 1 saturated carbocycles. The van der Waals surface area contributed by atoms with E-state index < -0.39 is 20.0 Å². The average Bonchev–Trinajstić information content (AvgIpc) is 3.36. The minimum Gasteiger partial charge on any atom is -0.310 e. The molecule has 1 fully saturated rings. The zero-order valence-electron chi connectivity index (χ0n) is 18.3. The standard InChI is InChI=1S/C20H23N7O4S2/c1-4-32(28,29)20-17(19-22-15-9-12(2)11-21-18(15)26(19)3)23-16-10-14(7-8-27(16)20)25-33(30,31)24-13-5-6-13/h7-11,13,24-25H,4-6H2,1-3H3. The molecule has 1 aliphatic carbocycles. The Kier molecular flexibility index (Phi) is 4.95. The predicted octanol–water partition coefficient (Wildman–Crippen LogP) is 1.79. The number of aromatic nitrogens is 5. The number of nitrogens with zero attached hydrogens (tertiary/aromatic N) is 5. The number of hydrogen-bond acceptors (Lipinski definition) is 7. The molecule has 2 N–H and O–H groups in total. The van der Waals surface area contributed by atoms with Gasteiger partial charge in [-0.15, -0.1) is 0 Å². The van der Waals surface area contributed by atoms with E-state index >= 15 is 0 Å². The SMILES string of the molecule is CCS(=O)(=O)c1c(-c2nc3cc(C)cnc3n2C)nc2cc(NS(=O)(=O)NC3CC3)ccn12. The van der Waals surface area contributed by atoms with Gasteiger partial charge in [0.15, 0.2) is 26.3 Å². The van der Waals surface area contributed by atoms with Crippen molar-refractivity contribution in [2.45, 2.75) is 37.8 Å². The van der Waals surface area contributed by atoms with Gasteiger partial charge in [-0.25, -0.2) is 23.4 Å². The zero-order chi connectivity index (χ0) is 23.5. The van der Waals surface area contributed by atoms with Gasteiger partial charge in [0, 0.05) is 31.5 Å². The van der Waals surface area contributed by atoms with E-state index in [-0.39, 0.29) is 33.8 Å². The second-order valence-corrected chi connectivity index (χ2v) is 11.8. The zero-order valence-corrected chi connectivity index (χ0v) is 19.9. The lowest BCUT2D eigenvalue weighted by molar-refractivity contribution is 0.586. The summed E-state index contributed by atoms with van der Waals surface area (Å²) in [4.78, 5) is 13.6. The Morgan fingerprint density at radius 1 is 1.15 bits per heavy atom. The summed E-state index contributed by atoms with van der Waals surface area (Å²) in [6, 6.07) is 4.82. The second-order valence-electron chi connectivity index (χ2n) is 8.16. The van der Waals surface area contributed by atoms with Crippen molar-refractivity contribution in [3.8, 4) is 11.5 Å². The minimum atomic E-state index is -3.74. The van der Waals surface area contributed by atoms with Crippen molar-refractivity contribution in [3.05, 3.63) is 36.2 Å². The Hall–Kier alpha value is -3.03. The van der Waals surface area contributed by atoms with Crippen molar-refractivity contribution in [3.63, 3.8) is 0 Å². The number of nitrogens with one attached hydrogen (secondary N) is 2. The summed E-state index contributed by atoms with van der Waals surface area (Å²) >= 11 is 0. The van der Waals surface area contributed by atoms with E-state index in [1.165, 1.54) is 22.7 Å². The van der Waals surface area contributed by atoms with Crippen LogP contribution in [0.5, 0.6) is 0 Å². The molecule has 0 unspecified atom stereocenters. The summed E-state index contributed by atoms with van der Waals surface area (Å²) in [7, 11) is -5.69. The molecule has 0 aromatic carbocycles. The summed E-state index contributed by atoms with van der Waals surface area (Å²) < 4.78 is 58.9. The number of hydrogen-bond donors (Lipinski definition) is 2. The van der Waals surface area contributed by atoms with Crippen LogP contribution in [-0.2, 0) is 27.1 Å². The molecule has 0 radical (unpaired) electrons. The molecule has 0 aliphatic heterocycles. The van der Waals surface area contributed by atoms with Crippen LogP contribution in [0.15, 0.2) is 35.6 Å². The molecule has 33 heavy (non-hydrogen) atoms. The van der Waals surface area contributed by atoms with Crippen LogP contribution in [0, 0.1) is 6.92 Å². The highest BCUT2D eigenvalue weighted by molar-refractivity contribution is 7.91. The summed E-state index contributed by atoms with van der Waals surface area (Å²) in [6.45, 7) is 3.46. The predicted molar refractivity (Wildman–Crippen MR) is 124 cm³/mol. The minimum absolute atomic E-state index is 0.000593. The van der Waals surface area contributed by atoms with E-state index in [9.17, 15) is 16.8 Å². The lowest BCUT2D eigenvalue weighted by atomic mass is 10.3. The van der Waals surface area contributed by atoms with Gasteiger partial charge in [-0.1, -0.05) is 6.92 Å². The summed E-state index contributed by atoms with van der Waals surface area (Å²) in [5.74, 6) is 0.228. The first-order valence-corrected chi connectivity index (χ1v) is 13.6. The molecule has 0 bridgehead atoms. The van der Waals surface area contributed by atoms with Gasteiger partial charge in [0.1, 0.15) is 16.9 Å². The van der Waals surface area contributed by atoms with Crippen molar-refractivity contribution in [2.24, 2.45) is 7.05 Å². The first-order chi connectivity index (χ1) is 15.6. The Labute approximate surface area is 191 Å². The number of rotatable bonds is 7. The molecular formula is C20H23N7O4S2. The van der Waals surface area contributed by atoms with Gasteiger partial charge in [0.25, 0.3) is 10.2 Å². The quantitative estimate of drug-likeness (QED) is 0.403.